The van der Waals surface area contributed by atoms with Crippen LogP contribution in [-0.2, 0) is 15.7 Å². The molecule has 3 N–H and O–H groups in total. The molecular formula is C10H14NO4P. The number of benzene rings is 1. The lowest BCUT2D eigenvalue weighted by Crippen LogP contribution is -2.34. The van der Waals surface area contributed by atoms with Gasteiger partial charge in [-0.1, -0.05) is 30.3 Å². The van der Waals surface area contributed by atoms with Crippen molar-refractivity contribution in [1.82, 2.24) is 5.32 Å². The number of amides is 1. The Labute approximate surface area is 95.1 Å². The molecule has 0 aliphatic rings. The Morgan fingerprint density at radius 2 is 2.06 bits per heavy atom. The van der Waals surface area contributed by atoms with Gasteiger partial charge in [-0.05, 0) is 12.5 Å². The molecule has 0 radical (unpaired) electrons. The molecule has 1 aromatic carbocycles. The summed E-state index contributed by atoms with van der Waals surface area (Å²) in [5.41, 5.74) is 0.891. The van der Waals surface area contributed by atoms with Gasteiger partial charge in [-0.25, -0.2) is 0 Å². The summed E-state index contributed by atoms with van der Waals surface area (Å²) in [5, 5.41) is 2.49. The van der Waals surface area contributed by atoms with Crippen molar-refractivity contribution >= 4 is 14.5 Å². The van der Waals surface area contributed by atoms with Crippen molar-refractivity contribution in [2.75, 3.05) is 0 Å². The van der Waals surface area contributed by atoms with Crippen LogP contribution in [0.4, 0.5) is 0 Å². The Hall–Kier alpha value is -1.00. The second-order valence-electron chi connectivity index (χ2n) is 3.23. The molecular weight excluding hydrogens is 229 g/mol. The first-order valence-electron chi connectivity index (χ1n) is 4.76. The molecule has 0 saturated carbocycles. The van der Waals surface area contributed by atoms with Crippen molar-refractivity contribution < 1.29 is 19.1 Å². The molecule has 0 saturated heterocycles. The lowest BCUT2D eigenvalue weighted by atomic mass is 10.1. The fraction of sp³-hybridized carbons (Fsp3) is 0.300. The number of carbonyl (C=O) groups excluding carboxylic acids is 1. The SMILES string of the molecule is CC(NC(=O)Cc1ccccc1)OP(O)O. The molecule has 1 unspecified atom stereocenters. The highest BCUT2D eigenvalue weighted by Gasteiger charge is 2.11. The first kappa shape index (κ1) is 13.1. The number of hydrogen-bond acceptors (Lipinski definition) is 4. The van der Waals surface area contributed by atoms with E-state index in [9.17, 15) is 4.79 Å². The Bertz CT molecular complexity index is 331. The Balaban J connectivity index is 2.36. The fourth-order valence-electron chi connectivity index (χ4n) is 1.23. The van der Waals surface area contributed by atoms with Crippen molar-refractivity contribution in [1.29, 1.82) is 0 Å². The Kier molecular flexibility index (Phi) is 5.35. The van der Waals surface area contributed by atoms with E-state index in [1.54, 1.807) is 0 Å². The van der Waals surface area contributed by atoms with E-state index in [0.717, 1.165) is 5.56 Å². The van der Waals surface area contributed by atoms with Crippen LogP contribution in [-0.4, -0.2) is 21.9 Å². The minimum Gasteiger partial charge on any atom is -0.330 e. The standard InChI is InChI=1S/C10H14NO4P/c1-8(15-16(13)14)11-10(12)7-9-5-3-2-4-6-9/h2-6,8,13-14H,7H2,1H3,(H,11,12). The molecule has 0 bridgehead atoms. The van der Waals surface area contributed by atoms with Gasteiger partial charge in [0.2, 0.25) is 5.91 Å². The maximum absolute atomic E-state index is 11.5. The highest BCUT2D eigenvalue weighted by molar-refractivity contribution is 7.39. The van der Waals surface area contributed by atoms with Crippen LogP contribution >= 0.6 is 8.60 Å². The summed E-state index contributed by atoms with van der Waals surface area (Å²) in [5.74, 6) is -0.226. The van der Waals surface area contributed by atoms with Gasteiger partial charge in [0, 0.05) is 0 Å². The molecule has 88 valence electrons. The van der Waals surface area contributed by atoms with E-state index in [-0.39, 0.29) is 12.3 Å². The van der Waals surface area contributed by atoms with Crippen LogP contribution in [0.3, 0.4) is 0 Å². The molecule has 0 aliphatic carbocycles. The second-order valence-corrected chi connectivity index (χ2v) is 3.95. The molecule has 0 aromatic heterocycles. The minimum atomic E-state index is -2.44. The van der Waals surface area contributed by atoms with Gasteiger partial charge in [0.15, 0.2) is 0 Å². The third kappa shape index (κ3) is 5.19. The van der Waals surface area contributed by atoms with Gasteiger partial charge in [0.05, 0.1) is 6.42 Å². The van der Waals surface area contributed by atoms with Gasteiger partial charge in [0.1, 0.15) is 6.23 Å². The summed E-state index contributed by atoms with van der Waals surface area (Å²) in [6, 6.07) is 9.26. The van der Waals surface area contributed by atoms with Crippen molar-refractivity contribution in [2.45, 2.75) is 19.6 Å². The maximum atomic E-state index is 11.5. The number of nitrogens with one attached hydrogen (secondary N) is 1. The van der Waals surface area contributed by atoms with E-state index in [2.05, 4.69) is 9.84 Å². The van der Waals surface area contributed by atoms with E-state index < -0.39 is 14.8 Å². The van der Waals surface area contributed by atoms with Gasteiger partial charge in [-0.3, -0.25) is 9.32 Å². The largest absolute Gasteiger partial charge is 0.330 e. The van der Waals surface area contributed by atoms with E-state index in [1.165, 1.54) is 6.92 Å². The third-order valence-corrected chi connectivity index (χ3v) is 2.33. The van der Waals surface area contributed by atoms with Crippen molar-refractivity contribution in [3.63, 3.8) is 0 Å². The maximum Gasteiger partial charge on any atom is 0.329 e. The van der Waals surface area contributed by atoms with Gasteiger partial charge in [-0.2, -0.15) is 0 Å². The summed E-state index contributed by atoms with van der Waals surface area (Å²) < 4.78 is 4.60. The van der Waals surface area contributed by atoms with Gasteiger partial charge in [-0.15, -0.1) is 0 Å². The first-order chi connectivity index (χ1) is 7.58. The third-order valence-electron chi connectivity index (χ3n) is 1.82. The van der Waals surface area contributed by atoms with Crippen LogP contribution in [0.2, 0.25) is 0 Å². The van der Waals surface area contributed by atoms with Crippen LogP contribution in [0.5, 0.6) is 0 Å². The average molecular weight is 243 g/mol. The minimum absolute atomic E-state index is 0.226. The Morgan fingerprint density at radius 3 is 2.62 bits per heavy atom. The predicted octanol–water partition coefficient (Wildman–Crippen LogP) is 0.919. The second kappa shape index (κ2) is 6.55. The molecule has 1 aromatic rings. The number of rotatable bonds is 5. The molecule has 1 amide bonds. The zero-order valence-corrected chi connectivity index (χ0v) is 9.72. The van der Waals surface area contributed by atoms with Crippen LogP contribution in [0, 0.1) is 0 Å². The zero-order chi connectivity index (χ0) is 12.0. The predicted molar refractivity (Wildman–Crippen MR) is 60.2 cm³/mol. The number of hydrogen-bond donors (Lipinski definition) is 3. The summed E-state index contributed by atoms with van der Waals surface area (Å²) >= 11 is 0. The van der Waals surface area contributed by atoms with Gasteiger partial charge < -0.3 is 15.1 Å². The molecule has 5 nitrogen and oxygen atoms in total. The molecule has 0 spiro atoms. The smallest absolute Gasteiger partial charge is 0.329 e. The van der Waals surface area contributed by atoms with Gasteiger partial charge >= 0.3 is 8.60 Å². The zero-order valence-electron chi connectivity index (χ0n) is 8.83. The normalized spacial score (nSPS) is 12.5. The van der Waals surface area contributed by atoms with Crippen LogP contribution in [0.25, 0.3) is 0 Å². The van der Waals surface area contributed by atoms with Crippen molar-refractivity contribution in [3.8, 4) is 0 Å². The molecule has 0 heterocycles. The molecule has 0 fully saturated rings. The first-order valence-corrected chi connectivity index (χ1v) is 5.92. The molecule has 16 heavy (non-hydrogen) atoms. The van der Waals surface area contributed by atoms with Crippen molar-refractivity contribution in [3.05, 3.63) is 35.9 Å². The highest BCUT2D eigenvalue weighted by atomic mass is 31.2. The molecule has 6 heteroatoms. The van der Waals surface area contributed by atoms with Crippen LogP contribution in [0.15, 0.2) is 30.3 Å². The van der Waals surface area contributed by atoms with Crippen molar-refractivity contribution in [2.24, 2.45) is 0 Å². The summed E-state index contributed by atoms with van der Waals surface area (Å²) in [4.78, 5) is 28.6. The summed E-state index contributed by atoms with van der Waals surface area (Å²) in [6.45, 7) is 1.53. The van der Waals surface area contributed by atoms with Crippen LogP contribution < -0.4 is 5.32 Å². The monoisotopic (exact) mass is 243 g/mol. The average Bonchev–Trinajstić information content (AvgIpc) is 2.17. The lowest BCUT2D eigenvalue weighted by molar-refractivity contribution is -0.122. The summed E-state index contributed by atoms with van der Waals surface area (Å²) in [6.07, 6.45) is -0.471. The number of carbonyl (C=O) groups is 1. The van der Waals surface area contributed by atoms with E-state index in [4.69, 9.17) is 9.79 Å². The lowest BCUT2D eigenvalue weighted by Gasteiger charge is -2.14. The molecule has 1 rings (SSSR count). The van der Waals surface area contributed by atoms with Gasteiger partial charge in [0.25, 0.3) is 0 Å². The van der Waals surface area contributed by atoms with E-state index in [1.807, 2.05) is 30.3 Å². The Morgan fingerprint density at radius 1 is 1.44 bits per heavy atom. The van der Waals surface area contributed by atoms with E-state index in [0.29, 0.717) is 0 Å². The topological polar surface area (TPSA) is 78.8 Å². The van der Waals surface area contributed by atoms with E-state index >= 15 is 0 Å². The fourth-order valence-corrected chi connectivity index (χ4v) is 1.56. The molecule has 1 atom stereocenters. The molecule has 0 aliphatic heterocycles. The van der Waals surface area contributed by atoms with Crippen LogP contribution in [0.1, 0.15) is 12.5 Å². The quantitative estimate of drug-likeness (QED) is 0.530. The summed E-state index contributed by atoms with van der Waals surface area (Å²) in [7, 11) is -2.44. The highest BCUT2D eigenvalue weighted by Crippen LogP contribution is 2.25.